The maximum atomic E-state index is 2.00. The molecule has 0 atom stereocenters. The molecule has 2 heteroatoms. The number of hydrogen-bond donors (Lipinski definition) is 0. The van der Waals surface area contributed by atoms with Crippen molar-refractivity contribution in [2.24, 2.45) is 0 Å². The van der Waals surface area contributed by atoms with Gasteiger partial charge in [-0.25, -0.2) is 36.4 Å². The molecule has 0 radical (unpaired) electrons. The van der Waals surface area contributed by atoms with Gasteiger partial charge in [0, 0.05) is 34.1 Å². The quantitative estimate of drug-likeness (QED) is 0.278. The molecule has 0 bridgehead atoms. The van der Waals surface area contributed by atoms with E-state index in [4.69, 9.17) is 0 Å². The van der Waals surface area contributed by atoms with Crippen molar-refractivity contribution < 1.29 is 34.1 Å². The van der Waals surface area contributed by atoms with Crippen molar-refractivity contribution >= 4 is 0 Å². The average molecular weight is 372 g/mol. The molecular weight excluding hydrogens is 352 g/mol. The molecule has 22 heavy (non-hydrogen) atoms. The molecule has 0 aromatic heterocycles. The summed E-state index contributed by atoms with van der Waals surface area (Å²) in [6.45, 7) is 0. The van der Waals surface area contributed by atoms with Crippen LogP contribution in [0.2, 0.25) is 0 Å². The van der Waals surface area contributed by atoms with Crippen LogP contribution >= 0.6 is 0 Å². The first-order chi connectivity index (χ1) is 10.0. The van der Waals surface area contributed by atoms with Gasteiger partial charge in [-0.15, -0.1) is 0 Å². The first-order valence-corrected chi connectivity index (χ1v) is 6.67. The summed E-state index contributed by atoms with van der Waals surface area (Å²) in [4.78, 5) is 0. The molecule has 0 fully saturated rings. The van der Waals surface area contributed by atoms with Crippen LogP contribution in [0.1, 0.15) is 0 Å². The largest absolute Gasteiger partial charge is 0.748 e. The Kier molecular flexibility index (Phi) is 20.1. The average Bonchev–Trinajstić information content (AvgIpc) is 3.40. The van der Waals surface area contributed by atoms with E-state index in [1.807, 2.05) is 121 Å². The third-order valence-corrected chi connectivity index (χ3v) is 2.22. The molecule has 0 amide bonds. The minimum atomic E-state index is 0. The second-order valence-electron chi connectivity index (χ2n) is 3.85. The Labute approximate surface area is 155 Å². The van der Waals surface area contributed by atoms with Gasteiger partial charge in [-0.2, -0.15) is 54.6 Å². The molecule has 0 heterocycles. The molecule has 0 aliphatic rings. The van der Waals surface area contributed by atoms with Crippen LogP contribution in [0.3, 0.4) is 0 Å². The third-order valence-electron chi connectivity index (χ3n) is 2.22. The van der Waals surface area contributed by atoms with Gasteiger partial charge >= 0.3 is 0 Å². The molecule has 0 unspecified atom stereocenters. The van der Waals surface area contributed by atoms with E-state index in [2.05, 4.69) is 0 Å². The van der Waals surface area contributed by atoms with Crippen molar-refractivity contribution in [3.05, 3.63) is 121 Å². The van der Waals surface area contributed by atoms with E-state index in [9.17, 15) is 0 Å². The maximum absolute atomic E-state index is 2.00. The SMILES string of the molecule is [Fe].[Fe].[cH-]1[cH-][cH-][cH-][cH-]1.c1cc[cH-]c1.c1cc[cH-]c1.c1cc[cH-]c1. The van der Waals surface area contributed by atoms with E-state index in [1.54, 1.807) is 0 Å². The van der Waals surface area contributed by atoms with Crippen molar-refractivity contribution in [3.63, 3.8) is 0 Å². The summed E-state index contributed by atoms with van der Waals surface area (Å²) >= 11 is 0. The fourth-order valence-electron chi connectivity index (χ4n) is 1.28. The van der Waals surface area contributed by atoms with Crippen molar-refractivity contribution in [1.82, 2.24) is 0 Å². The molecule has 124 valence electrons. The second-order valence-corrected chi connectivity index (χ2v) is 3.85. The monoisotopic (exact) mass is 372 g/mol. The second kappa shape index (κ2) is 19.4. The molecule has 4 rings (SSSR count). The zero-order chi connectivity index (χ0) is 14.1. The fraction of sp³-hybridized carbons (Fsp3) is 0. The van der Waals surface area contributed by atoms with Gasteiger partial charge in [0.25, 0.3) is 0 Å². The molecule has 0 saturated heterocycles. The third kappa shape index (κ3) is 16.5. The number of hydrogen-bond acceptors (Lipinski definition) is 0. The Balaban J connectivity index is 0. The van der Waals surface area contributed by atoms with Gasteiger partial charge in [-0.05, 0) is 0 Å². The molecule has 4 aromatic carbocycles. The zero-order valence-electron chi connectivity index (χ0n) is 12.3. The van der Waals surface area contributed by atoms with Crippen molar-refractivity contribution in [2.75, 3.05) is 0 Å². The van der Waals surface area contributed by atoms with Gasteiger partial charge in [0.05, 0.1) is 0 Å². The normalized spacial score (nSPS) is 7.27. The van der Waals surface area contributed by atoms with Crippen LogP contribution in [0.25, 0.3) is 0 Å². The predicted molar refractivity (Wildman–Crippen MR) is 88.1 cm³/mol. The molecule has 0 nitrogen and oxygen atoms in total. The van der Waals surface area contributed by atoms with Gasteiger partial charge in [0.1, 0.15) is 0 Å². The summed E-state index contributed by atoms with van der Waals surface area (Å²) < 4.78 is 0. The van der Waals surface area contributed by atoms with Gasteiger partial charge in [-0.1, -0.05) is 0 Å². The maximum Gasteiger partial charge on any atom is 0 e. The summed E-state index contributed by atoms with van der Waals surface area (Å²) in [5, 5.41) is 0. The van der Waals surface area contributed by atoms with E-state index in [-0.39, 0.29) is 34.1 Å². The summed E-state index contributed by atoms with van der Waals surface area (Å²) in [7, 11) is 0. The van der Waals surface area contributed by atoms with Crippen LogP contribution in [-0.4, -0.2) is 0 Å². The van der Waals surface area contributed by atoms with Gasteiger partial charge in [0.15, 0.2) is 0 Å². The first-order valence-electron chi connectivity index (χ1n) is 6.67. The summed E-state index contributed by atoms with van der Waals surface area (Å²) in [5.41, 5.74) is 0. The van der Waals surface area contributed by atoms with E-state index >= 15 is 0 Å². The molecule has 0 aliphatic carbocycles. The molecule has 0 saturated carbocycles. The summed E-state index contributed by atoms with van der Waals surface area (Å²) in [5.74, 6) is 0. The summed E-state index contributed by atoms with van der Waals surface area (Å²) in [6.07, 6.45) is 0. The van der Waals surface area contributed by atoms with Crippen LogP contribution in [-0.2, 0) is 34.1 Å². The topological polar surface area (TPSA) is 0 Å². The van der Waals surface area contributed by atoms with Crippen LogP contribution in [0, 0.1) is 0 Å². The van der Waals surface area contributed by atoms with Gasteiger partial charge in [0.2, 0.25) is 0 Å². The summed E-state index contributed by atoms with van der Waals surface area (Å²) in [6, 6.07) is 40.0. The smallest absolute Gasteiger partial charge is 0 e. The number of rotatable bonds is 0. The minimum Gasteiger partial charge on any atom is -0.748 e. The van der Waals surface area contributed by atoms with Crippen molar-refractivity contribution in [1.29, 1.82) is 0 Å². The fourth-order valence-corrected chi connectivity index (χ4v) is 1.28. The Morgan fingerprint density at radius 2 is 0.500 bits per heavy atom. The van der Waals surface area contributed by atoms with Crippen molar-refractivity contribution in [3.8, 4) is 0 Å². The molecule has 0 N–H and O–H groups in total. The zero-order valence-corrected chi connectivity index (χ0v) is 14.5. The van der Waals surface area contributed by atoms with Gasteiger partial charge < -0.3 is 30.3 Å². The molecular formula is C20H20Fe2-8. The predicted octanol–water partition coefficient (Wildman–Crippen LogP) is 5.62. The molecule has 4 aromatic rings. The van der Waals surface area contributed by atoms with E-state index in [0.29, 0.717) is 0 Å². The Morgan fingerprint density at radius 1 is 0.318 bits per heavy atom. The van der Waals surface area contributed by atoms with Crippen LogP contribution in [0.4, 0.5) is 0 Å². The van der Waals surface area contributed by atoms with E-state index < -0.39 is 0 Å². The van der Waals surface area contributed by atoms with Crippen LogP contribution in [0.5, 0.6) is 0 Å². The van der Waals surface area contributed by atoms with E-state index in [1.165, 1.54) is 0 Å². The minimum absolute atomic E-state index is 0. The molecule has 0 aliphatic heterocycles. The van der Waals surface area contributed by atoms with Crippen LogP contribution < -0.4 is 0 Å². The van der Waals surface area contributed by atoms with Crippen LogP contribution in [0.15, 0.2) is 121 Å². The standard InChI is InChI=1S/4C5H5.2Fe/c4*1-2-4-5-3-1;;/h4*1-5H;;/q-5;3*-1;;. The Hall–Kier alpha value is -1.56. The Morgan fingerprint density at radius 3 is 0.591 bits per heavy atom. The Bertz CT molecular complexity index is 341. The van der Waals surface area contributed by atoms with E-state index in [0.717, 1.165) is 0 Å². The van der Waals surface area contributed by atoms with Crippen molar-refractivity contribution in [2.45, 2.75) is 0 Å². The molecule has 0 spiro atoms. The van der Waals surface area contributed by atoms with Gasteiger partial charge in [-0.3, -0.25) is 0 Å². The first kappa shape index (κ1) is 22.7.